The number of amides is 1. The number of methoxy groups -OCH3 is 1. The summed E-state index contributed by atoms with van der Waals surface area (Å²) in [4.78, 5) is 12.0. The molecule has 0 spiro atoms. The molecule has 1 atom stereocenters. The topological polar surface area (TPSA) is 56.1 Å². The van der Waals surface area contributed by atoms with Crippen LogP contribution >= 0.6 is 0 Å². The Morgan fingerprint density at radius 2 is 2.23 bits per heavy atom. The highest BCUT2D eigenvalue weighted by Gasteiger charge is 2.13. The molecule has 0 saturated carbocycles. The molecule has 116 valence electrons. The van der Waals surface area contributed by atoms with Gasteiger partial charge in [-0.1, -0.05) is 17.7 Å². The maximum absolute atomic E-state index is 12.0. The summed E-state index contributed by atoms with van der Waals surface area (Å²) >= 11 is 0. The summed E-state index contributed by atoms with van der Waals surface area (Å²) in [5.41, 5.74) is 2.98. The molecule has 1 aromatic heterocycles. The van der Waals surface area contributed by atoms with Crippen LogP contribution in [0.15, 0.2) is 36.7 Å². The molecule has 0 saturated heterocycles. The van der Waals surface area contributed by atoms with Crippen molar-refractivity contribution in [3.8, 4) is 5.75 Å². The molecule has 0 bridgehead atoms. The molecule has 2 rings (SSSR count). The predicted molar refractivity (Wildman–Crippen MR) is 86.5 cm³/mol. The van der Waals surface area contributed by atoms with Crippen LogP contribution in [0.1, 0.15) is 29.7 Å². The highest BCUT2D eigenvalue weighted by molar-refractivity contribution is 5.91. The Bertz CT molecular complexity index is 689. The first-order valence-electron chi connectivity index (χ1n) is 7.11. The Balaban J connectivity index is 2.05. The maximum Gasteiger partial charge on any atom is 0.244 e. The number of benzene rings is 1. The predicted octanol–water partition coefficient (Wildman–Crippen LogP) is 2.63. The van der Waals surface area contributed by atoms with E-state index in [1.165, 1.54) is 6.08 Å². The number of carbonyl (C=O) groups is 1. The fourth-order valence-corrected chi connectivity index (χ4v) is 2.23. The fourth-order valence-electron chi connectivity index (χ4n) is 2.23. The molecule has 1 amide bonds. The Labute approximate surface area is 130 Å². The van der Waals surface area contributed by atoms with Crippen molar-refractivity contribution < 1.29 is 9.53 Å². The van der Waals surface area contributed by atoms with Gasteiger partial charge in [0, 0.05) is 30.4 Å². The van der Waals surface area contributed by atoms with Crippen molar-refractivity contribution in [1.29, 1.82) is 0 Å². The van der Waals surface area contributed by atoms with Gasteiger partial charge in [-0.2, -0.15) is 5.10 Å². The summed E-state index contributed by atoms with van der Waals surface area (Å²) < 4.78 is 7.05. The van der Waals surface area contributed by atoms with Crippen LogP contribution in [-0.4, -0.2) is 22.8 Å². The van der Waals surface area contributed by atoms with Gasteiger partial charge in [0.1, 0.15) is 5.75 Å². The average molecular weight is 299 g/mol. The van der Waals surface area contributed by atoms with Crippen LogP contribution in [0.5, 0.6) is 5.75 Å². The summed E-state index contributed by atoms with van der Waals surface area (Å²) in [6.45, 7) is 3.95. The Morgan fingerprint density at radius 1 is 1.45 bits per heavy atom. The van der Waals surface area contributed by atoms with Crippen molar-refractivity contribution in [2.75, 3.05) is 7.11 Å². The summed E-state index contributed by atoms with van der Waals surface area (Å²) in [5.74, 6) is 0.620. The number of ether oxygens (including phenoxy) is 1. The molecule has 1 heterocycles. The van der Waals surface area contributed by atoms with Gasteiger partial charge in [-0.25, -0.2) is 0 Å². The van der Waals surface area contributed by atoms with E-state index in [0.29, 0.717) is 0 Å². The van der Waals surface area contributed by atoms with Gasteiger partial charge < -0.3 is 10.1 Å². The lowest BCUT2D eigenvalue weighted by atomic mass is 10.0. The van der Waals surface area contributed by atoms with Gasteiger partial charge in [-0.15, -0.1) is 0 Å². The van der Waals surface area contributed by atoms with Gasteiger partial charge in [-0.3, -0.25) is 9.48 Å². The van der Waals surface area contributed by atoms with Crippen molar-refractivity contribution in [2.24, 2.45) is 7.05 Å². The number of aryl methyl sites for hydroxylation is 2. The molecule has 0 radical (unpaired) electrons. The average Bonchev–Trinajstić information content (AvgIpc) is 2.90. The fraction of sp³-hybridized carbons (Fsp3) is 0.294. The molecule has 1 aromatic carbocycles. The molecule has 5 heteroatoms. The van der Waals surface area contributed by atoms with E-state index in [1.54, 1.807) is 24.1 Å². The van der Waals surface area contributed by atoms with Crippen LogP contribution in [0.25, 0.3) is 6.08 Å². The smallest absolute Gasteiger partial charge is 0.244 e. The molecule has 0 aliphatic heterocycles. The Morgan fingerprint density at radius 3 is 2.86 bits per heavy atom. The second-order valence-corrected chi connectivity index (χ2v) is 5.26. The summed E-state index contributed by atoms with van der Waals surface area (Å²) in [5, 5.41) is 6.99. The normalized spacial score (nSPS) is 12.4. The minimum atomic E-state index is -0.153. The van der Waals surface area contributed by atoms with Gasteiger partial charge >= 0.3 is 0 Å². The van der Waals surface area contributed by atoms with Gasteiger partial charge in [0.25, 0.3) is 0 Å². The lowest BCUT2D eigenvalue weighted by Gasteiger charge is -2.17. The van der Waals surface area contributed by atoms with Crippen molar-refractivity contribution in [2.45, 2.75) is 19.9 Å². The number of nitrogens with one attached hydrogen (secondary N) is 1. The van der Waals surface area contributed by atoms with Gasteiger partial charge in [0.2, 0.25) is 5.91 Å². The minimum absolute atomic E-state index is 0.138. The zero-order chi connectivity index (χ0) is 16.1. The molecule has 5 nitrogen and oxygen atoms in total. The number of hydrogen-bond acceptors (Lipinski definition) is 3. The molecule has 0 fully saturated rings. The first kappa shape index (κ1) is 15.8. The molecular formula is C17H21N3O2. The summed E-state index contributed by atoms with van der Waals surface area (Å²) in [7, 11) is 3.47. The van der Waals surface area contributed by atoms with Crippen molar-refractivity contribution in [1.82, 2.24) is 15.1 Å². The Kier molecular flexibility index (Phi) is 4.99. The van der Waals surface area contributed by atoms with Crippen molar-refractivity contribution >= 4 is 12.0 Å². The highest BCUT2D eigenvalue weighted by Crippen LogP contribution is 2.25. The lowest BCUT2D eigenvalue weighted by Crippen LogP contribution is -2.25. The van der Waals surface area contributed by atoms with E-state index in [4.69, 9.17) is 4.74 Å². The SMILES string of the molecule is COc1ccc(C)cc1[C@@H](C)NC(=O)/C=C\c1cnn(C)c1. The van der Waals surface area contributed by atoms with E-state index in [1.807, 2.05) is 45.3 Å². The number of carbonyl (C=O) groups excluding carboxylic acids is 1. The maximum atomic E-state index is 12.0. The van der Waals surface area contributed by atoms with E-state index < -0.39 is 0 Å². The van der Waals surface area contributed by atoms with E-state index in [0.717, 1.165) is 22.4 Å². The lowest BCUT2D eigenvalue weighted by molar-refractivity contribution is -0.117. The highest BCUT2D eigenvalue weighted by atomic mass is 16.5. The first-order chi connectivity index (χ1) is 10.5. The second kappa shape index (κ2) is 6.93. The summed E-state index contributed by atoms with van der Waals surface area (Å²) in [6.07, 6.45) is 6.80. The van der Waals surface area contributed by atoms with E-state index >= 15 is 0 Å². The van der Waals surface area contributed by atoms with Gasteiger partial charge in [-0.05, 0) is 26.0 Å². The van der Waals surface area contributed by atoms with Gasteiger partial charge in [0.05, 0.1) is 19.3 Å². The summed E-state index contributed by atoms with van der Waals surface area (Å²) in [6, 6.07) is 5.79. The number of nitrogens with zero attached hydrogens (tertiary/aromatic N) is 2. The third-order valence-corrected chi connectivity index (χ3v) is 3.36. The number of aromatic nitrogens is 2. The van der Waals surface area contributed by atoms with E-state index in [2.05, 4.69) is 10.4 Å². The third-order valence-electron chi connectivity index (χ3n) is 3.36. The monoisotopic (exact) mass is 299 g/mol. The Hall–Kier alpha value is -2.56. The van der Waals surface area contributed by atoms with E-state index in [9.17, 15) is 4.79 Å². The second-order valence-electron chi connectivity index (χ2n) is 5.26. The quantitative estimate of drug-likeness (QED) is 0.864. The van der Waals surface area contributed by atoms with Crippen LogP contribution in [0, 0.1) is 6.92 Å². The standard InChI is InChI=1S/C17H21N3O2/c1-12-5-7-16(22-4)15(9-12)13(2)19-17(21)8-6-14-10-18-20(3)11-14/h5-11,13H,1-4H3,(H,19,21)/b8-6-/t13-/m1/s1. The molecule has 1 N–H and O–H groups in total. The molecule has 0 aliphatic carbocycles. The number of hydrogen-bond donors (Lipinski definition) is 1. The van der Waals surface area contributed by atoms with Crippen molar-refractivity contribution in [3.05, 3.63) is 53.4 Å². The molecule has 22 heavy (non-hydrogen) atoms. The largest absolute Gasteiger partial charge is 0.496 e. The molecule has 2 aromatic rings. The van der Waals surface area contributed by atoms with E-state index in [-0.39, 0.29) is 11.9 Å². The molecule has 0 unspecified atom stereocenters. The van der Waals surface area contributed by atoms with Crippen LogP contribution < -0.4 is 10.1 Å². The first-order valence-corrected chi connectivity index (χ1v) is 7.11. The molecular weight excluding hydrogens is 278 g/mol. The van der Waals surface area contributed by atoms with Crippen LogP contribution in [-0.2, 0) is 11.8 Å². The van der Waals surface area contributed by atoms with Crippen LogP contribution in [0.3, 0.4) is 0 Å². The van der Waals surface area contributed by atoms with Crippen LogP contribution in [0.2, 0.25) is 0 Å². The third kappa shape index (κ3) is 3.97. The number of rotatable bonds is 5. The molecule has 0 aliphatic rings. The zero-order valence-electron chi connectivity index (χ0n) is 13.3. The zero-order valence-corrected chi connectivity index (χ0v) is 13.3. The van der Waals surface area contributed by atoms with Crippen molar-refractivity contribution in [3.63, 3.8) is 0 Å². The van der Waals surface area contributed by atoms with Gasteiger partial charge in [0.15, 0.2) is 0 Å². The minimum Gasteiger partial charge on any atom is -0.496 e. The van der Waals surface area contributed by atoms with Crippen LogP contribution in [0.4, 0.5) is 0 Å².